The van der Waals surface area contributed by atoms with E-state index in [1.165, 1.54) is 18.4 Å². The summed E-state index contributed by atoms with van der Waals surface area (Å²) in [5, 5.41) is 0.261. The zero-order valence-electron chi connectivity index (χ0n) is 11.5. The summed E-state index contributed by atoms with van der Waals surface area (Å²) in [6.07, 6.45) is 3.39. The molecule has 2 heterocycles. The lowest BCUT2D eigenvalue weighted by Crippen LogP contribution is -2.21. The van der Waals surface area contributed by atoms with Crippen molar-refractivity contribution in [1.29, 1.82) is 0 Å². The number of hydrogen-bond donors (Lipinski definition) is 0. The molecule has 1 aromatic heterocycles. The van der Waals surface area contributed by atoms with Crippen molar-refractivity contribution in [2.24, 2.45) is 0 Å². The first kappa shape index (κ1) is 13.3. The van der Waals surface area contributed by atoms with Crippen molar-refractivity contribution >= 4 is 17.5 Å². The first-order chi connectivity index (χ1) is 9.76. The Kier molecular flexibility index (Phi) is 3.83. The van der Waals surface area contributed by atoms with E-state index in [1.54, 1.807) is 0 Å². The highest BCUT2D eigenvalue weighted by Gasteiger charge is 2.17. The fourth-order valence-electron chi connectivity index (χ4n) is 2.42. The normalized spacial score (nSPS) is 14.8. The Morgan fingerprint density at radius 1 is 1.05 bits per heavy atom. The van der Waals surface area contributed by atoms with Gasteiger partial charge in [-0.05, 0) is 36.4 Å². The monoisotopic (exact) mass is 288 g/mol. The molecule has 0 N–H and O–H groups in total. The van der Waals surface area contributed by atoms with Crippen LogP contribution in [-0.4, -0.2) is 28.0 Å². The highest BCUT2D eigenvalue weighted by molar-refractivity contribution is 6.28. The summed E-state index contributed by atoms with van der Waals surface area (Å²) in [5.41, 5.74) is 2.28. The lowest BCUT2D eigenvalue weighted by atomic mass is 10.1. The third-order valence-corrected chi connectivity index (χ3v) is 3.77. The Balaban J connectivity index is 1.95. The Bertz CT molecular complexity index is 591. The van der Waals surface area contributed by atoms with Crippen LogP contribution in [0, 0.1) is 0 Å². The van der Waals surface area contributed by atoms with Crippen LogP contribution in [0.2, 0.25) is 5.28 Å². The van der Waals surface area contributed by atoms with Gasteiger partial charge in [0.25, 0.3) is 0 Å². The first-order valence-electron chi connectivity index (χ1n) is 7.02. The van der Waals surface area contributed by atoms with Crippen molar-refractivity contribution in [3.63, 3.8) is 0 Å². The number of nitrogens with zero attached hydrogens (tertiary/aromatic N) is 4. The molecular weight excluding hydrogens is 272 g/mol. The molecule has 0 saturated carbocycles. The van der Waals surface area contributed by atoms with E-state index in [-0.39, 0.29) is 5.28 Å². The second-order valence-corrected chi connectivity index (χ2v) is 5.31. The van der Waals surface area contributed by atoms with E-state index in [2.05, 4.69) is 38.9 Å². The van der Waals surface area contributed by atoms with Crippen LogP contribution < -0.4 is 4.90 Å². The summed E-state index contributed by atoms with van der Waals surface area (Å²) < 4.78 is 0. The van der Waals surface area contributed by atoms with E-state index < -0.39 is 0 Å². The largest absolute Gasteiger partial charge is 0.341 e. The molecule has 0 aliphatic carbocycles. The van der Waals surface area contributed by atoms with Crippen molar-refractivity contribution in [2.75, 3.05) is 18.0 Å². The molecule has 4 nitrogen and oxygen atoms in total. The molecule has 0 unspecified atom stereocenters. The van der Waals surface area contributed by atoms with Crippen LogP contribution in [0.5, 0.6) is 0 Å². The summed E-state index contributed by atoms with van der Waals surface area (Å²) in [6.45, 7) is 4.13. The van der Waals surface area contributed by atoms with Gasteiger partial charge in [0.2, 0.25) is 11.2 Å². The predicted molar refractivity (Wildman–Crippen MR) is 81.1 cm³/mol. The van der Waals surface area contributed by atoms with Gasteiger partial charge in [0.15, 0.2) is 5.82 Å². The van der Waals surface area contributed by atoms with Crippen molar-refractivity contribution in [2.45, 2.75) is 26.2 Å². The zero-order chi connectivity index (χ0) is 13.9. The molecule has 1 aliphatic heterocycles. The SMILES string of the molecule is CCc1ccc(-c2nc(Cl)nc(N3CCCC3)n2)cc1. The van der Waals surface area contributed by atoms with Gasteiger partial charge in [-0.15, -0.1) is 0 Å². The van der Waals surface area contributed by atoms with Crippen LogP contribution in [0.15, 0.2) is 24.3 Å². The summed E-state index contributed by atoms with van der Waals surface area (Å²) in [4.78, 5) is 15.2. The maximum Gasteiger partial charge on any atom is 0.230 e. The second-order valence-electron chi connectivity index (χ2n) is 4.97. The third kappa shape index (κ3) is 2.75. The molecule has 5 heteroatoms. The maximum absolute atomic E-state index is 6.05. The number of halogens is 1. The highest BCUT2D eigenvalue weighted by Crippen LogP contribution is 2.22. The molecule has 0 radical (unpaired) electrons. The standard InChI is InChI=1S/C15H17ClN4/c1-2-11-5-7-12(8-6-11)13-17-14(16)19-15(18-13)20-9-3-4-10-20/h5-8H,2-4,9-10H2,1H3. The molecule has 1 aromatic carbocycles. The molecule has 20 heavy (non-hydrogen) atoms. The van der Waals surface area contributed by atoms with Crippen LogP contribution in [0.25, 0.3) is 11.4 Å². The van der Waals surface area contributed by atoms with E-state index in [9.17, 15) is 0 Å². The zero-order valence-corrected chi connectivity index (χ0v) is 12.3. The Morgan fingerprint density at radius 3 is 2.40 bits per heavy atom. The predicted octanol–water partition coefficient (Wildman–Crippen LogP) is 3.35. The Morgan fingerprint density at radius 2 is 1.75 bits per heavy atom. The van der Waals surface area contributed by atoms with Crippen LogP contribution in [0.3, 0.4) is 0 Å². The summed E-state index contributed by atoms with van der Waals surface area (Å²) in [6, 6.07) is 8.28. The molecule has 2 aromatic rings. The summed E-state index contributed by atoms with van der Waals surface area (Å²) in [5.74, 6) is 1.34. The minimum Gasteiger partial charge on any atom is -0.341 e. The number of rotatable bonds is 3. The molecule has 1 saturated heterocycles. The van der Waals surface area contributed by atoms with Crippen LogP contribution >= 0.6 is 11.6 Å². The van der Waals surface area contributed by atoms with Crippen LogP contribution in [0.4, 0.5) is 5.95 Å². The molecule has 0 atom stereocenters. The molecule has 0 bridgehead atoms. The number of benzene rings is 1. The van der Waals surface area contributed by atoms with Gasteiger partial charge in [-0.25, -0.2) is 0 Å². The highest BCUT2D eigenvalue weighted by atomic mass is 35.5. The summed E-state index contributed by atoms with van der Waals surface area (Å²) in [7, 11) is 0. The molecule has 3 rings (SSSR count). The van der Waals surface area contributed by atoms with E-state index in [1.807, 2.05) is 12.1 Å². The minimum absolute atomic E-state index is 0.261. The van der Waals surface area contributed by atoms with Gasteiger partial charge in [0.05, 0.1) is 0 Å². The smallest absolute Gasteiger partial charge is 0.230 e. The van der Waals surface area contributed by atoms with Gasteiger partial charge < -0.3 is 4.90 Å². The van der Waals surface area contributed by atoms with Crippen molar-refractivity contribution in [1.82, 2.24) is 15.0 Å². The average Bonchev–Trinajstić information content (AvgIpc) is 3.01. The number of anilines is 1. The van der Waals surface area contributed by atoms with Gasteiger partial charge in [0, 0.05) is 18.7 Å². The minimum atomic E-state index is 0.261. The van der Waals surface area contributed by atoms with Crippen molar-refractivity contribution in [3.8, 4) is 11.4 Å². The number of hydrogen-bond acceptors (Lipinski definition) is 4. The average molecular weight is 289 g/mol. The number of aromatic nitrogens is 3. The van der Waals surface area contributed by atoms with E-state index in [0.29, 0.717) is 11.8 Å². The molecule has 0 amide bonds. The van der Waals surface area contributed by atoms with Crippen molar-refractivity contribution in [3.05, 3.63) is 35.1 Å². The van der Waals surface area contributed by atoms with Gasteiger partial charge >= 0.3 is 0 Å². The third-order valence-electron chi connectivity index (χ3n) is 3.61. The summed E-state index contributed by atoms with van der Waals surface area (Å²) >= 11 is 6.05. The fraction of sp³-hybridized carbons (Fsp3) is 0.400. The van der Waals surface area contributed by atoms with E-state index in [0.717, 1.165) is 25.1 Å². The fourth-order valence-corrected chi connectivity index (χ4v) is 2.57. The topological polar surface area (TPSA) is 41.9 Å². The molecule has 104 valence electrons. The maximum atomic E-state index is 6.05. The first-order valence-corrected chi connectivity index (χ1v) is 7.40. The Hall–Kier alpha value is -1.68. The number of aryl methyl sites for hydroxylation is 1. The van der Waals surface area contributed by atoms with Gasteiger partial charge in [-0.1, -0.05) is 31.2 Å². The molecular formula is C15H17ClN4. The van der Waals surface area contributed by atoms with Gasteiger partial charge in [0.1, 0.15) is 0 Å². The quantitative estimate of drug-likeness (QED) is 0.868. The van der Waals surface area contributed by atoms with Crippen molar-refractivity contribution < 1.29 is 0 Å². The van der Waals surface area contributed by atoms with Crippen LogP contribution in [0.1, 0.15) is 25.3 Å². The second kappa shape index (κ2) is 5.75. The molecule has 1 fully saturated rings. The lowest BCUT2D eigenvalue weighted by molar-refractivity contribution is 0.883. The molecule has 0 spiro atoms. The van der Waals surface area contributed by atoms with Gasteiger partial charge in [-0.3, -0.25) is 0 Å². The lowest BCUT2D eigenvalue weighted by Gasteiger charge is -2.15. The van der Waals surface area contributed by atoms with Gasteiger partial charge in [-0.2, -0.15) is 15.0 Å². The Labute approximate surface area is 123 Å². The van der Waals surface area contributed by atoms with E-state index in [4.69, 9.17) is 11.6 Å². The van der Waals surface area contributed by atoms with Crippen LogP contribution in [-0.2, 0) is 6.42 Å². The molecule has 1 aliphatic rings. The van der Waals surface area contributed by atoms with E-state index >= 15 is 0 Å².